The van der Waals surface area contributed by atoms with Crippen molar-refractivity contribution >= 4 is 29.2 Å². The number of phenolic OH excluding ortho intramolecular Hbond substituents is 1. The van der Waals surface area contributed by atoms with E-state index < -0.39 is 5.97 Å². The second kappa shape index (κ2) is 3.44. The first-order valence-corrected chi connectivity index (χ1v) is 4.11. The van der Waals surface area contributed by atoms with Crippen molar-refractivity contribution in [2.75, 3.05) is 0 Å². The van der Waals surface area contributed by atoms with Gasteiger partial charge in [0.25, 0.3) is 0 Å². The zero-order valence-corrected chi connectivity index (χ0v) is 8.15. The Hall–Kier alpha value is -0.930. The molecule has 1 rings (SSSR count). The molecule has 0 aromatic heterocycles. The molecule has 0 aliphatic rings. The van der Waals surface area contributed by atoms with Crippen LogP contribution in [0.1, 0.15) is 15.9 Å². The van der Waals surface area contributed by atoms with Gasteiger partial charge in [-0.05, 0) is 13.0 Å². The molecule has 1 aromatic rings. The number of aromatic carboxylic acids is 1. The summed E-state index contributed by atoms with van der Waals surface area (Å²) in [7, 11) is 0. The number of carbonyl (C=O) groups is 1. The lowest BCUT2D eigenvalue weighted by Gasteiger charge is -2.06. The molecule has 0 saturated heterocycles. The van der Waals surface area contributed by atoms with E-state index in [1.54, 1.807) is 0 Å². The Kier molecular flexibility index (Phi) is 2.68. The molecular weight excluding hydrogens is 215 g/mol. The van der Waals surface area contributed by atoms with Gasteiger partial charge in [-0.2, -0.15) is 0 Å². The molecule has 1 aromatic carbocycles. The van der Waals surface area contributed by atoms with Crippen molar-refractivity contribution in [1.82, 2.24) is 0 Å². The first-order chi connectivity index (χ1) is 5.95. The fourth-order valence-electron chi connectivity index (χ4n) is 0.991. The number of halogens is 2. The monoisotopic (exact) mass is 220 g/mol. The van der Waals surface area contributed by atoms with E-state index in [0.29, 0.717) is 0 Å². The Morgan fingerprint density at radius 2 is 1.92 bits per heavy atom. The van der Waals surface area contributed by atoms with Gasteiger partial charge in [0.15, 0.2) is 0 Å². The quantitative estimate of drug-likeness (QED) is 0.766. The molecule has 0 radical (unpaired) electrons. The van der Waals surface area contributed by atoms with E-state index in [1.165, 1.54) is 13.0 Å². The highest BCUT2D eigenvalue weighted by atomic mass is 35.5. The summed E-state index contributed by atoms with van der Waals surface area (Å²) in [6.45, 7) is 1.44. The number of hydrogen-bond donors (Lipinski definition) is 2. The van der Waals surface area contributed by atoms with Gasteiger partial charge in [-0.25, -0.2) is 4.79 Å². The summed E-state index contributed by atoms with van der Waals surface area (Å²) in [6, 6.07) is 1.20. The fraction of sp³-hybridized carbons (Fsp3) is 0.125. The van der Waals surface area contributed by atoms with Crippen LogP contribution in [0.15, 0.2) is 6.07 Å². The fourth-order valence-corrected chi connectivity index (χ4v) is 1.63. The van der Waals surface area contributed by atoms with E-state index in [9.17, 15) is 9.90 Å². The third-order valence-corrected chi connectivity index (χ3v) is 2.25. The molecule has 0 aliphatic heterocycles. The van der Waals surface area contributed by atoms with Crippen LogP contribution in [0.25, 0.3) is 0 Å². The summed E-state index contributed by atoms with van der Waals surface area (Å²) in [6.07, 6.45) is 0. The molecule has 5 heteroatoms. The minimum absolute atomic E-state index is 0.0211. The molecule has 0 fully saturated rings. The normalized spacial score (nSPS) is 10.1. The molecule has 70 valence electrons. The van der Waals surface area contributed by atoms with Crippen LogP contribution in [0.4, 0.5) is 0 Å². The maximum absolute atomic E-state index is 10.7. The molecule has 0 heterocycles. The van der Waals surface area contributed by atoms with Crippen LogP contribution in [0.2, 0.25) is 10.0 Å². The van der Waals surface area contributed by atoms with Gasteiger partial charge < -0.3 is 10.2 Å². The van der Waals surface area contributed by atoms with Crippen molar-refractivity contribution in [3.05, 3.63) is 27.2 Å². The number of aromatic hydroxyl groups is 1. The highest BCUT2D eigenvalue weighted by Crippen LogP contribution is 2.34. The van der Waals surface area contributed by atoms with Crippen LogP contribution in [0.5, 0.6) is 5.75 Å². The Bertz CT molecular complexity index is 374. The molecule has 0 aliphatic carbocycles. The summed E-state index contributed by atoms with van der Waals surface area (Å²) < 4.78 is 0. The molecule has 0 spiro atoms. The first-order valence-electron chi connectivity index (χ1n) is 3.36. The smallest absolute Gasteiger partial charge is 0.337 e. The Labute approximate surface area is 84.5 Å². The van der Waals surface area contributed by atoms with E-state index in [1.807, 2.05) is 0 Å². The van der Waals surface area contributed by atoms with Crippen molar-refractivity contribution in [3.8, 4) is 5.75 Å². The summed E-state index contributed by atoms with van der Waals surface area (Å²) >= 11 is 11.2. The second-order valence-corrected chi connectivity index (χ2v) is 3.31. The van der Waals surface area contributed by atoms with Gasteiger partial charge in [0.2, 0.25) is 0 Å². The highest BCUT2D eigenvalue weighted by molar-refractivity contribution is 6.37. The number of hydrogen-bond acceptors (Lipinski definition) is 2. The number of carboxylic acids is 1. The van der Waals surface area contributed by atoms with Crippen molar-refractivity contribution in [3.63, 3.8) is 0 Å². The van der Waals surface area contributed by atoms with Gasteiger partial charge in [-0.1, -0.05) is 23.2 Å². The molecule has 13 heavy (non-hydrogen) atoms. The van der Waals surface area contributed by atoms with Crippen LogP contribution in [0, 0.1) is 6.92 Å². The molecule has 0 amide bonds. The van der Waals surface area contributed by atoms with Crippen LogP contribution >= 0.6 is 23.2 Å². The van der Waals surface area contributed by atoms with Crippen molar-refractivity contribution < 1.29 is 15.0 Å². The zero-order valence-electron chi connectivity index (χ0n) is 6.64. The lowest BCUT2D eigenvalue weighted by Crippen LogP contribution is -2.01. The highest BCUT2D eigenvalue weighted by Gasteiger charge is 2.17. The van der Waals surface area contributed by atoms with Crippen LogP contribution in [0.3, 0.4) is 0 Å². The Morgan fingerprint density at radius 3 is 2.38 bits per heavy atom. The third kappa shape index (κ3) is 1.71. The zero-order chi connectivity index (χ0) is 10.2. The van der Waals surface area contributed by atoms with Crippen LogP contribution in [-0.2, 0) is 0 Å². The van der Waals surface area contributed by atoms with Crippen LogP contribution in [-0.4, -0.2) is 16.2 Å². The SMILES string of the molecule is Cc1c(O)c(Cl)cc(Cl)c1C(=O)O. The standard InChI is InChI=1S/C8H6Cl2O3/c1-3-6(8(12)13)4(9)2-5(10)7(3)11/h2,11H,1H3,(H,12,13). The largest absolute Gasteiger partial charge is 0.506 e. The van der Waals surface area contributed by atoms with Crippen molar-refractivity contribution in [1.29, 1.82) is 0 Å². The van der Waals surface area contributed by atoms with E-state index in [0.717, 1.165) is 0 Å². The molecule has 0 bridgehead atoms. The summed E-state index contributed by atoms with van der Waals surface area (Å²) in [4.78, 5) is 10.7. The molecule has 3 nitrogen and oxygen atoms in total. The third-order valence-electron chi connectivity index (χ3n) is 1.66. The minimum Gasteiger partial charge on any atom is -0.506 e. The van der Waals surface area contributed by atoms with Gasteiger partial charge in [-0.3, -0.25) is 0 Å². The maximum atomic E-state index is 10.7. The van der Waals surface area contributed by atoms with Gasteiger partial charge in [0, 0.05) is 5.56 Å². The summed E-state index contributed by atoms with van der Waals surface area (Å²) in [5, 5.41) is 18.1. The molecule has 0 saturated carbocycles. The molecule has 0 unspecified atom stereocenters. The van der Waals surface area contributed by atoms with Gasteiger partial charge >= 0.3 is 5.97 Å². The lowest BCUT2D eigenvalue weighted by molar-refractivity contribution is 0.0696. The Morgan fingerprint density at radius 1 is 1.38 bits per heavy atom. The predicted molar refractivity (Wildman–Crippen MR) is 49.8 cm³/mol. The molecule has 0 atom stereocenters. The van der Waals surface area contributed by atoms with E-state index in [-0.39, 0.29) is 26.9 Å². The average molecular weight is 221 g/mol. The Balaban J connectivity index is 3.53. The van der Waals surface area contributed by atoms with Crippen LogP contribution < -0.4 is 0 Å². The van der Waals surface area contributed by atoms with E-state index >= 15 is 0 Å². The predicted octanol–water partition coefficient (Wildman–Crippen LogP) is 2.71. The second-order valence-electron chi connectivity index (χ2n) is 2.49. The topological polar surface area (TPSA) is 57.5 Å². The number of benzene rings is 1. The van der Waals surface area contributed by atoms with Crippen molar-refractivity contribution in [2.45, 2.75) is 6.92 Å². The number of rotatable bonds is 1. The molecule has 2 N–H and O–H groups in total. The van der Waals surface area contributed by atoms with Gasteiger partial charge in [0.05, 0.1) is 15.6 Å². The number of carboxylic acid groups (broad SMARTS) is 1. The lowest BCUT2D eigenvalue weighted by atomic mass is 10.1. The van der Waals surface area contributed by atoms with E-state index in [2.05, 4.69) is 0 Å². The summed E-state index contributed by atoms with van der Waals surface area (Å²) in [5.74, 6) is -1.43. The van der Waals surface area contributed by atoms with E-state index in [4.69, 9.17) is 28.3 Å². The minimum atomic E-state index is -1.19. The van der Waals surface area contributed by atoms with Gasteiger partial charge in [0.1, 0.15) is 5.75 Å². The average Bonchev–Trinajstić information content (AvgIpc) is 1.99. The van der Waals surface area contributed by atoms with Crippen molar-refractivity contribution in [2.24, 2.45) is 0 Å². The molecular formula is C8H6Cl2O3. The first kappa shape index (κ1) is 10.2. The maximum Gasteiger partial charge on any atom is 0.337 e. The number of phenols is 1. The van der Waals surface area contributed by atoms with Gasteiger partial charge in [-0.15, -0.1) is 0 Å². The summed E-state index contributed by atoms with van der Waals surface area (Å²) in [5.41, 5.74) is 0.0496.